The summed E-state index contributed by atoms with van der Waals surface area (Å²) in [7, 11) is 0. The summed E-state index contributed by atoms with van der Waals surface area (Å²) in [6, 6.07) is 63.6. The molecule has 378 valence electrons. The zero-order valence-corrected chi connectivity index (χ0v) is 47.9. The van der Waals surface area contributed by atoms with E-state index < -0.39 is 0 Å². The molecule has 0 spiro atoms. The van der Waals surface area contributed by atoms with Gasteiger partial charge in [-0.05, 0) is 151 Å². The highest BCUT2D eigenvalue weighted by molar-refractivity contribution is 7.26. The summed E-state index contributed by atoms with van der Waals surface area (Å²) in [6.07, 6.45) is 0. The van der Waals surface area contributed by atoms with E-state index in [1.54, 1.807) is 0 Å². The lowest BCUT2D eigenvalue weighted by Crippen LogP contribution is -2.16. The number of hydrogen-bond donors (Lipinski definition) is 0. The Kier molecular flexibility index (Phi) is 12.3. The maximum Gasteiger partial charge on any atom is 0.0640 e. The molecule has 0 fully saturated rings. The Morgan fingerprint density at radius 1 is 0.373 bits per heavy atom. The molecule has 0 saturated carbocycles. The average Bonchev–Trinajstić information content (AvgIpc) is 3.78. The molecule has 0 aliphatic heterocycles. The molecular formula is C72H74N2S. The minimum atomic E-state index is -0.0128. The van der Waals surface area contributed by atoms with Gasteiger partial charge >= 0.3 is 0 Å². The maximum absolute atomic E-state index is 2.60. The molecule has 0 atom stereocenters. The lowest BCUT2D eigenvalue weighted by Gasteiger charge is -2.34. The second-order valence-corrected chi connectivity index (χ2v) is 26.1. The van der Waals surface area contributed by atoms with Crippen molar-refractivity contribution in [2.45, 2.75) is 132 Å². The number of fused-ring (bicyclic) bond motifs is 3. The van der Waals surface area contributed by atoms with Crippen LogP contribution in [0.15, 0.2) is 164 Å². The highest BCUT2D eigenvalue weighted by Crippen LogP contribution is 2.54. The van der Waals surface area contributed by atoms with E-state index in [0.717, 1.165) is 28.4 Å². The molecular weight excluding hydrogens is 925 g/mol. The molecule has 2 nitrogen and oxygen atoms in total. The Balaban J connectivity index is 1.29. The highest BCUT2D eigenvalue weighted by Gasteiger charge is 2.29. The standard InChI is InChI=1S/C72H74N2S/c1-43(2)47-28-34-52(35-29-47)73(62-26-18-21-55(46(62)6)54-20-16-24-60(45(54)5)71(10,11)12)64-42-65(59-39-33-50-41-51(70(7,8)9)40-49-32-38-58(64)67(59)66(49)50)74(53-36-30-48(31-37-53)44(3)4)63-27-19-23-57-56-22-17-25-61(72(13,14)15)68(56)75-69(57)63/h16-44H,1-15H3. The number of nitrogens with zero attached hydrogens (tertiary/aromatic N) is 2. The molecule has 75 heavy (non-hydrogen) atoms. The third-order valence-corrected chi connectivity index (χ3v) is 17.5. The molecule has 0 amide bonds. The minimum Gasteiger partial charge on any atom is -0.310 e. The fourth-order valence-corrected chi connectivity index (χ4v) is 13.5. The van der Waals surface area contributed by atoms with Gasteiger partial charge < -0.3 is 9.80 Å². The van der Waals surface area contributed by atoms with Crippen LogP contribution in [0.25, 0.3) is 63.6 Å². The Bertz CT molecular complexity index is 3940. The quantitative estimate of drug-likeness (QED) is 0.133. The minimum absolute atomic E-state index is 0.0115. The Labute approximate surface area is 451 Å². The lowest BCUT2D eigenvalue weighted by molar-refractivity contribution is 0.586. The predicted molar refractivity (Wildman–Crippen MR) is 332 cm³/mol. The van der Waals surface area contributed by atoms with Crippen molar-refractivity contribution < 1.29 is 0 Å². The van der Waals surface area contributed by atoms with Crippen molar-refractivity contribution in [1.29, 1.82) is 0 Å². The van der Waals surface area contributed by atoms with E-state index in [-0.39, 0.29) is 16.2 Å². The van der Waals surface area contributed by atoms with Gasteiger partial charge in [-0.2, -0.15) is 0 Å². The van der Waals surface area contributed by atoms with Crippen molar-refractivity contribution in [1.82, 2.24) is 0 Å². The van der Waals surface area contributed by atoms with E-state index in [2.05, 4.69) is 277 Å². The number of rotatable bonds is 9. The summed E-state index contributed by atoms with van der Waals surface area (Å²) in [5.74, 6) is 0.810. The fraction of sp³-hybridized carbons (Fsp3) is 0.278. The summed E-state index contributed by atoms with van der Waals surface area (Å²) in [4.78, 5) is 5.18. The Hall–Kier alpha value is -6.94. The van der Waals surface area contributed by atoms with Crippen LogP contribution in [0.1, 0.15) is 141 Å². The van der Waals surface area contributed by atoms with Crippen LogP contribution >= 0.6 is 11.3 Å². The van der Waals surface area contributed by atoms with Crippen molar-refractivity contribution in [3.63, 3.8) is 0 Å². The first-order valence-electron chi connectivity index (χ1n) is 27.3. The topological polar surface area (TPSA) is 6.48 Å². The summed E-state index contributed by atoms with van der Waals surface area (Å²) in [6.45, 7) is 34.8. The van der Waals surface area contributed by atoms with Gasteiger partial charge in [-0.15, -0.1) is 11.3 Å². The van der Waals surface area contributed by atoms with E-state index in [4.69, 9.17) is 0 Å². The number of anilines is 6. The molecule has 0 unspecified atom stereocenters. The van der Waals surface area contributed by atoms with Crippen molar-refractivity contribution in [3.8, 4) is 11.1 Å². The van der Waals surface area contributed by atoms with E-state index >= 15 is 0 Å². The SMILES string of the molecule is Cc1c(-c2cccc(C(C)(C)C)c2C)cccc1N(c1ccc(C(C)C)cc1)c1cc(N(c2ccc(C(C)C)cc2)c2cccc3c2sc2c(C(C)(C)C)cccc23)c2ccc3cc(C(C)(C)C)cc4ccc1c2c43. The summed E-state index contributed by atoms with van der Waals surface area (Å²) in [5.41, 5.74) is 18.8. The van der Waals surface area contributed by atoms with Crippen LogP contribution < -0.4 is 9.80 Å². The van der Waals surface area contributed by atoms with Crippen molar-refractivity contribution in [3.05, 3.63) is 203 Å². The molecule has 3 heteroatoms. The molecule has 1 aromatic heterocycles. The molecule has 10 aromatic carbocycles. The molecule has 0 radical (unpaired) electrons. The first kappa shape index (κ1) is 50.2. The molecule has 0 N–H and O–H groups in total. The van der Waals surface area contributed by atoms with Gasteiger partial charge in [-0.3, -0.25) is 0 Å². The van der Waals surface area contributed by atoms with Crippen LogP contribution in [0, 0.1) is 13.8 Å². The third-order valence-electron chi connectivity index (χ3n) is 16.2. The molecule has 0 bridgehead atoms. The zero-order valence-electron chi connectivity index (χ0n) is 47.0. The largest absolute Gasteiger partial charge is 0.310 e. The second kappa shape index (κ2) is 18.4. The summed E-state index contributed by atoms with van der Waals surface area (Å²) in [5, 5.41) is 10.2. The number of hydrogen-bond acceptors (Lipinski definition) is 3. The summed E-state index contributed by atoms with van der Waals surface area (Å²) >= 11 is 1.95. The zero-order chi connectivity index (χ0) is 53.0. The molecule has 11 rings (SSSR count). The highest BCUT2D eigenvalue weighted by atomic mass is 32.1. The second-order valence-electron chi connectivity index (χ2n) is 25.1. The van der Waals surface area contributed by atoms with E-state index in [1.807, 2.05) is 11.3 Å². The number of benzene rings is 10. The molecule has 0 aliphatic carbocycles. The molecule has 1 heterocycles. The predicted octanol–water partition coefficient (Wildman–Crippen LogP) is 22.3. The Morgan fingerprint density at radius 2 is 0.827 bits per heavy atom. The van der Waals surface area contributed by atoms with Crippen LogP contribution in [-0.2, 0) is 16.2 Å². The van der Waals surface area contributed by atoms with Crippen LogP contribution in [-0.4, -0.2) is 0 Å². The first-order valence-corrected chi connectivity index (χ1v) is 28.1. The molecule has 0 aliphatic rings. The lowest BCUT2D eigenvalue weighted by atomic mass is 9.81. The third kappa shape index (κ3) is 8.66. The fourth-order valence-electron chi connectivity index (χ4n) is 12.0. The first-order chi connectivity index (χ1) is 35.6. The van der Waals surface area contributed by atoms with Gasteiger partial charge in [-0.25, -0.2) is 0 Å². The van der Waals surface area contributed by atoms with E-state index in [9.17, 15) is 0 Å². The van der Waals surface area contributed by atoms with Crippen LogP contribution in [0.5, 0.6) is 0 Å². The van der Waals surface area contributed by atoms with Gasteiger partial charge in [0.15, 0.2) is 0 Å². The van der Waals surface area contributed by atoms with Crippen LogP contribution in [0.4, 0.5) is 34.1 Å². The van der Waals surface area contributed by atoms with Gasteiger partial charge in [0.1, 0.15) is 0 Å². The van der Waals surface area contributed by atoms with Crippen LogP contribution in [0.3, 0.4) is 0 Å². The monoisotopic (exact) mass is 999 g/mol. The van der Waals surface area contributed by atoms with Gasteiger partial charge in [0.05, 0.1) is 21.8 Å². The van der Waals surface area contributed by atoms with Gasteiger partial charge in [-0.1, -0.05) is 211 Å². The number of thiophene rings is 1. The van der Waals surface area contributed by atoms with Crippen LogP contribution in [0.2, 0.25) is 0 Å². The van der Waals surface area contributed by atoms with Gasteiger partial charge in [0, 0.05) is 48.7 Å². The van der Waals surface area contributed by atoms with E-state index in [0.29, 0.717) is 11.8 Å². The van der Waals surface area contributed by atoms with E-state index in [1.165, 1.54) is 108 Å². The molecule has 0 saturated heterocycles. The van der Waals surface area contributed by atoms with Crippen molar-refractivity contribution in [2.24, 2.45) is 0 Å². The average molecular weight is 999 g/mol. The smallest absolute Gasteiger partial charge is 0.0640 e. The molecule has 11 aromatic rings. The summed E-state index contributed by atoms with van der Waals surface area (Å²) < 4.78 is 2.65. The normalized spacial score (nSPS) is 12.7. The Morgan fingerprint density at radius 3 is 1.35 bits per heavy atom. The van der Waals surface area contributed by atoms with Crippen molar-refractivity contribution in [2.75, 3.05) is 9.80 Å². The maximum atomic E-state index is 2.60. The van der Waals surface area contributed by atoms with Crippen molar-refractivity contribution >= 4 is 98.0 Å². The van der Waals surface area contributed by atoms with Gasteiger partial charge in [0.25, 0.3) is 0 Å². The van der Waals surface area contributed by atoms with Gasteiger partial charge in [0.2, 0.25) is 0 Å².